The van der Waals surface area contributed by atoms with Gasteiger partial charge >= 0.3 is 5.97 Å². The van der Waals surface area contributed by atoms with Crippen LogP contribution in [0.4, 0.5) is 0 Å². The molecule has 2 nitrogen and oxygen atoms in total. The molecule has 1 unspecified atom stereocenters. The van der Waals surface area contributed by atoms with Gasteiger partial charge in [-0.2, -0.15) is 0 Å². The molecule has 2 rings (SSSR count). The first-order valence-corrected chi connectivity index (χ1v) is 6.09. The van der Waals surface area contributed by atoms with E-state index in [2.05, 4.69) is 0 Å². The van der Waals surface area contributed by atoms with Crippen molar-refractivity contribution >= 4 is 39.9 Å². The van der Waals surface area contributed by atoms with Crippen molar-refractivity contribution in [2.45, 2.75) is 5.38 Å². The molecule has 0 saturated carbocycles. The zero-order valence-corrected chi connectivity index (χ0v) is 10.4. The highest BCUT2D eigenvalue weighted by atomic mass is 35.5. The number of carbonyl (C=O) groups excluding carboxylic acids is 1. The highest BCUT2D eigenvalue weighted by molar-refractivity contribution is 6.35. The zero-order chi connectivity index (χ0) is 12.3. The Labute approximate surface area is 109 Å². The maximum atomic E-state index is 11.5. The number of carbonyl (C=O) groups is 1. The van der Waals surface area contributed by atoms with Gasteiger partial charge in [0.05, 0.1) is 0 Å². The van der Waals surface area contributed by atoms with Crippen molar-refractivity contribution in [3.8, 4) is 5.75 Å². The lowest BCUT2D eigenvalue weighted by atomic mass is 10.1. The summed E-state index contributed by atoms with van der Waals surface area (Å²) in [5.74, 6) is 0.00686. The number of halogens is 2. The van der Waals surface area contributed by atoms with Crippen LogP contribution < -0.4 is 4.74 Å². The summed E-state index contributed by atoms with van der Waals surface area (Å²) >= 11 is 11.2. The van der Waals surface area contributed by atoms with E-state index in [0.717, 1.165) is 10.8 Å². The molecule has 0 amide bonds. The predicted molar refractivity (Wildman–Crippen MR) is 69.9 cm³/mol. The van der Waals surface area contributed by atoms with E-state index in [1.165, 1.54) is 0 Å². The van der Waals surface area contributed by atoms with Gasteiger partial charge in [-0.1, -0.05) is 36.4 Å². The molecular weight excluding hydrogens is 259 g/mol. The Morgan fingerprint density at radius 2 is 1.88 bits per heavy atom. The highest BCUT2D eigenvalue weighted by Crippen LogP contribution is 2.25. The number of ether oxygens (including phenoxy) is 1. The van der Waals surface area contributed by atoms with Crippen molar-refractivity contribution in [3.05, 3.63) is 42.5 Å². The molecule has 0 bridgehead atoms. The van der Waals surface area contributed by atoms with E-state index in [4.69, 9.17) is 27.9 Å². The third-order valence-corrected chi connectivity index (χ3v) is 3.15. The van der Waals surface area contributed by atoms with E-state index in [0.29, 0.717) is 5.75 Å². The molecule has 0 fully saturated rings. The summed E-state index contributed by atoms with van der Waals surface area (Å²) in [6.45, 7) is 0. The zero-order valence-electron chi connectivity index (χ0n) is 8.90. The number of benzene rings is 2. The first kappa shape index (κ1) is 12.2. The van der Waals surface area contributed by atoms with Gasteiger partial charge in [0, 0.05) is 11.3 Å². The number of rotatable bonds is 3. The van der Waals surface area contributed by atoms with Crippen LogP contribution in [0, 0.1) is 0 Å². The van der Waals surface area contributed by atoms with Gasteiger partial charge in [-0.05, 0) is 11.5 Å². The molecule has 0 saturated heterocycles. The third kappa shape index (κ3) is 2.71. The second-order valence-electron chi connectivity index (χ2n) is 3.52. The summed E-state index contributed by atoms with van der Waals surface area (Å²) in [7, 11) is 0. The molecule has 0 N–H and O–H groups in total. The molecule has 17 heavy (non-hydrogen) atoms. The average molecular weight is 269 g/mol. The Morgan fingerprint density at radius 3 is 2.65 bits per heavy atom. The topological polar surface area (TPSA) is 26.3 Å². The SMILES string of the molecule is O=C(Oc1cccc2ccccc12)C(Cl)CCl. The van der Waals surface area contributed by atoms with Crippen LogP contribution in [0.5, 0.6) is 5.75 Å². The molecular formula is C13H10Cl2O2. The lowest BCUT2D eigenvalue weighted by Gasteiger charge is -2.09. The summed E-state index contributed by atoms with van der Waals surface area (Å²) in [5.41, 5.74) is 0. The van der Waals surface area contributed by atoms with E-state index >= 15 is 0 Å². The van der Waals surface area contributed by atoms with Gasteiger partial charge in [0.1, 0.15) is 11.1 Å². The van der Waals surface area contributed by atoms with Crippen molar-refractivity contribution in [2.24, 2.45) is 0 Å². The van der Waals surface area contributed by atoms with Crippen molar-refractivity contribution in [1.82, 2.24) is 0 Å². The first-order valence-electron chi connectivity index (χ1n) is 5.12. The molecule has 0 radical (unpaired) electrons. The van der Waals surface area contributed by atoms with Crippen LogP contribution in [0.15, 0.2) is 42.5 Å². The molecule has 1 atom stereocenters. The summed E-state index contributed by atoms with van der Waals surface area (Å²) in [6, 6.07) is 13.2. The minimum absolute atomic E-state index is 0.0329. The summed E-state index contributed by atoms with van der Waals surface area (Å²) in [6.07, 6.45) is 0. The maximum absolute atomic E-state index is 11.5. The van der Waals surface area contributed by atoms with E-state index in [-0.39, 0.29) is 5.88 Å². The van der Waals surface area contributed by atoms with Crippen LogP contribution in [0.2, 0.25) is 0 Å². The molecule has 0 aliphatic rings. The fourth-order valence-electron chi connectivity index (χ4n) is 1.52. The van der Waals surface area contributed by atoms with E-state index in [1.807, 2.05) is 36.4 Å². The molecule has 0 spiro atoms. The minimum Gasteiger partial charge on any atom is -0.425 e. The molecule has 0 aliphatic heterocycles. The Morgan fingerprint density at radius 1 is 1.18 bits per heavy atom. The van der Waals surface area contributed by atoms with E-state index < -0.39 is 11.3 Å². The molecule has 2 aromatic rings. The quantitative estimate of drug-likeness (QED) is 0.483. The number of fused-ring (bicyclic) bond motifs is 1. The van der Waals surface area contributed by atoms with Crippen LogP contribution >= 0.6 is 23.2 Å². The monoisotopic (exact) mass is 268 g/mol. The minimum atomic E-state index is -0.823. The number of alkyl halides is 2. The Hall–Kier alpha value is -1.25. The van der Waals surface area contributed by atoms with Gasteiger partial charge < -0.3 is 4.74 Å². The Kier molecular flexibility index (Phi) is 3.87. The second kappa shape index (κ2) is 5.39. The average Bonchev–Trinajstić information content (AvgIpc) is 2.38. The van der Waals surface area contributed by atoms with Crippen LogP contribution in [0.1, 0.15) is 0 Å². The largest absolute Gasteiger partial charge is 0.425 e. The number of hydrogen-bond donors (Lipinski definition) is 0. The van der Waals surface area contributed by atoms with Crippen LogP contribution in [0.25, 0.3) is 10.8 Å². The standard InChI is InChI=1S/C13H10Cl2O2/c14-8-11(15)13(16)17-12-7-3-5-9-4-1-2-6-10(9)12/h1-7,11H,8H2. The Balaban J connectivity index is 2.33. The van der Waals surface area contributed by atoms with Crippen molar-refractivity contribution in [1.29, 1.82) is 0 Å². The van der Waals surface area contributed by atoms with Gasteiger partial charge in [0.2, 0.25) is 0 Å². The van der Waals surface area contributed by atoms with Crippen LogP contribution in [-0.4, -0.2) is 17.2 Å². The van der Waals surface area contributed by atoms with Gasteiger partial charge in [0.15, 0.2) is 0 Å². The molecule has 0 heterocycles. The normalized spacial score (nSPS) is 12.4. The fourth-order valence-corrected chi connectivity index (χ4v) is 1.69. The van der Waals surface area contributed by atoms with Crippen molar-refractivity contribution in [2.75, 3.05) is 5.88 Å². The van der Waals surface area contributed by atoms with E-state index in [1.54, 1.807) is 6.07 Å². The summed E-state index contributed by atoms with van der Waals surface area (Å²) < 4.78 is 5.22. The van der Waals surface area contributed by atoms with Gasteiger partial charge in [-0.25, -0.2) is 4.79 Å². The summed E-state index contributed by atoms with van der Waals surface area (Å²) in [4.78, 5) is 11.5. The Bertz CT molecular complexity index is 534. The first-order chi connectivity index (χ1) is 8.22. The molecule has 0 aromatic heterocycles. The number of esters is 1. The highest BCUT2D eigenvalue weighted by Gasteiger charge is 2.17. The third-order valence-electron chi connectivity index (χ3n) is 2.35. The molecule has 4 heteroatoms. The molecule has 0 aliphatic carbocycles. The van der Waals surface area contributed by atoms with Crippen molar-refractivity contribution < 1.29 is 9.53 Å². The van der Waals surface area contributed by atoms with Crippen molar-refractivity contribution in [3.63, 3.8) is 0 Å². The summed E-state index contributed by atoms with van der Waals surface area (Å²) in [5, 5.41) is 1.06. The number of hydrogen-bond acceptors (Lipinski definition) is 2. The second-order valence-corrected chi connectivity index (χ2v) is 4.36. The van der Waals surface area contributed by atoms with Gasteiger partial charge in [0.25, 0.3) is 0 Å². The lowest BCUT2D eigenvalue weighted by Crippen LogP contribution is -2.22. The van der Waals surface area contributed by atoms with E-state index in [9.17, 15) is 4.79 Å². The molecule has 88 valence electrons. The lowest BCUT2D eigenvalue weighted by molar-refractivity contribution is -0.133. The smallest absolute Gasteiger partial charge is 0.330 e. The van der Waals surface area contributed by atoms with Gasteiger partial charge in [-0.3, -0.25) is 0 Å². The molecule has 2 aromatic carbocycles. The van der Waals surface area contributed by atoms with Crippen LogP contribution in [0.3, 0.4) is 0 Å². The van der Waals surface area contributed by atoms with Gasteiger partial charge in [-0.15, -0.1) is 23.2 Å². The van der Waals surface area contributed by atoms with Crippen LogP contribution in [-0.2, 0) is 4.79 Å². The fraction of sp³-hybridized carbons (Fsp3) is 0.154. The maximum Gasteiger partial charge on any atom is 0.330 e. The predicted octanol–water partition coefficient (Wildman–Crippen LogP) is 3.59.